The highest BCUT2D eigenvalue weighted by atomic mass is 16.6. The zero-order chi connectivity index (χ0) is 12.6. The fourth-order valence-electron chi connectivity index (χ4n) is 0.771. The quantitative estimate of drug-likeness (QED) is 0.587. The van der Waals surface area contributed by atoms with Crippen molar-refractivity contribution in [1.29, 1.82) is 0 Å². The molecule has 0 heterocycles. The zero-order valence-electron chi connectivity index (χ0n) is 9.93. The molecule has 0 saturated heterocycles. The number of esters is 1. The topological polar surface area (TPSA) is 46.5 Å². The smallest absolute Gasteiger partial charge is 0.330 e. The van der Waals surface area contributed by atoms with E-state index in [-0.39, 0.29) is 5.97 Å². The van der Waals surface area contributed by atoms with Gasteiger partial charge in [0.2, 0.25) is 0 Å². The molecule has 0 aliphatic carbocycles. The highest BCUT2D eigenvalue weighted by molar-refractivity contribution is 5.81. The number of para-hydroxylation sites is 1. The predicted octanol–water partition coefficient (Wildman–Crippen LogP) is 2.91. The van der Waals surface area contributed by atoms with Gasteiger partial charge in [0.25, 0.3) is 0 Å². The van der Waals surface area contributed by atoms with Gasteiger partial charge in [-0.15, -0.1) is 0 Å². The summed E-state index contributed by atoms with van der Waals surface area (Å²) in [6.07, 6.45) is 1.16. The fraction of sp³-hybridized carbons (Fsp3) is 0.308. The van der Waals surface area contributed by atoms with Crippen LogP contribution in [0.2, 0.25) is 0 Å². The Hall–Kier alpha value is -1.77. The molecule has 0 atom stereocenters. The van der Waals surface area contributed by atoms with Gasteiger partial charge < -0.3 is 9.84 Å². The van der Waals surface area contributed by atoms with Crippen LogP contribution in [0.25, 0.3) is 0 Å². The molecule has 16 heavy (non-hydrogen) atoms. The molecule has 0 fully saturated rings. The number of phenols is 1. The Balaban J connectivity index is 0.000000288. The van der Waals surface area contributed by atoms with E-state index in [9.17, 15) is 4.79 Å². The van der Waals surface area contributed by atoms with Crippen LogP contribution in [0, 0.1) is 0 Å². The molecule has 0 amide bonds. The van der Waals surface area contributed by atoms with Crippen molar-refractivity contribution >= 4 is 5.97 Å². The van der Waals surface area contributed by atoms with Crippen molar-refractivity contribution in [2.24, 2.45) is 0 Å². The number of rotatable bonds is 1. The normalized spacial score (nSPS) is 9.69. The van der Waals surface area contributed by atoms with Crippen LogP contribution < -0.4 is 0 Å². The van der Waals surface area contributed by atoms with E-state index in [1.54, 1.807) is 24.3 Å². The summed E-state index contributed by atoms with van der Waals surface area (Å²) in [6.45, 7) is 8.71. The maximum Gasteiger partial charge on any atom is 0.330 e. The summed E-state index contributed by atoms with van der Waals surface area (Å²) in [5, 5.41) is 8.63. The van der Waals surface area contributed by atoms with Crippen LogP contribution in [-0.2, 0) is 9.53 Å². The van der Waals surface area contributed by atoms with Crippen LogP contribution >= 0.6 is 0 Å². The molecular formula is C13H18O3. The molecule has 1 rings (SSSR count). The summed E-state index contributed by atoms with van der Waals surface area (Å²) in [7, 11) is 0. The van der Waals surface area contributed by atoms with Gasteiger partial charge in [-0.2, -0.15) is 0 Å². The summed E-state index contributed by atoms with van der Waals surface area (Å²) < 4.78 is 4.83. The van der Waals surface area contributed by atoms with Crippen molar-refractivity contribution in [3.63, 3.8) is 0 Å². The van der Waals surface area contributed by atoms with Crippen molar-refractivity contribution in [3.05, 3.63) is 43.0 Å². The summed E-state index contributed by atoms with van der Waals surface area (Å²) in [4.78, 5) is 10.5. The molecule has 0 unspecified atom stereocenters. The van der Waals surface area contributed by atoms with Crippen LogP contribution in [0.15, 0.2) is 43.0 Å². The predicted molar refractivity (Wildman–Crippen MR) is 64.1 cm³/mol. The number of carbonyl (C=O) groups excluding carboxylic acids is 1. The first kappa shape index (κ1) is 14.2. The second kappa shape index (κ2) is 6.67. The second-order valence-corrected chi connectivity index (χ2v) is 4.07. The molecule has 0 aliphatic rings. The van der Waals surface area contributed by atoms with Crippen molar-refractivity contribution in [2.45, 2.75) is 26.4 Å². The lowest BCUT2D eigenvalue weighted by molar-refractivity contribution is -0.148. The van der Waals surface area contributed by atoms with Gasteiger partial charge in [0.05, 0.1) is 0 Å². The lowest BCUT2D eigenvalue weighted by atomic mass is 10.2. The Morgan fingerprint density at radius 3 is 2.00 bits per heavy atom. The van der Waals surface area contributed by atoms with E-state index >= 15 is 0 Å². The molecule has 0 aromatic heterocycles. The van der Waals surface area contributed by atoms with E-state index in [4.69, 9.17) is 9.84 Å². The summed E-state index contributed by atoms with van der Waals surface area (Å²) >= 11 is 0. The summed E-state index contributed by atoms with van der Waals surface area (Å²) in [5.41, 5.74) is -0.398. The van der Waals surface area contributed by atoms with Crippen LogP contribution in [0.1, 0.15) is 20.8 Å². The maximum atomic E-state index is 10.5. The number of aromatic hydroxyl groups is 1. The Morgan fingerprint density at radius 1 is 1.31 bits per heavy atom. The SMILES string of the molecule is C=CC(=O)OC(C)(C)C.Oc1ccccc1. The largest absolute Gasteiger partial charge is 0.508 e. The van der Waals surface area contributed by atoms with Crippen LogP contribution in [0.4, 0.5) is 0 Å². The lowest BCUT2D eigenvalue weighted by Crippen LogP contribution is -2.22. The van der Waals surface area contributed by atoms with Crippen LogP contribution in [0.5, 0.6) is 5.75 Å². The molecule has 1 aromatic carbocycles. The molecule has 88 valence electrons. The fourth-order valence-corrected chi connectivity index (χ4v) is 0.771. The Bertz CT molecular complexity index is 323. The van der Waals surface area contributed by atoms with Gasteiger partial charge in [-0.25, -0.2) is 4.79 Å². The zero-order valence-corrected chi connectivity index (χ0v) is 9.93. The van der Waals surface area contributed by atoms with E-state index in [1.807, 2.05) is 26.8 Å². The van der Waals surface area contributed by atoms with Gasteiger partial charge in [-0.1, -0.05) is 24.8 Å². The molecule has 0 bridgehead atoms. The van der Waals surface area contributed by atoms with Crippen molar-refractivity contribution in [3.8, 4) is 5.75 Å². The van der Waals surface area contributed by atoms with Crippen LogP contribution in [0.3, 0.4) is 0 Å². The van der Waals surface area contributed by atoms with Gasteiger partial charge >= 0.3 is 5.97 Å². The maximum absolute atomic E-state index is 10.5. The van der Waals surface area contributed by atoms with E-state index in [1.165, 1.54) is 0 Å². The number of carbonyl (C=O) groups is 1. The molecule has 1 N–H and O–H groups in total. The minimum Gasteiger partial charge on any atom is -0.508 e. The van der Waals surface area contributed by atoms with E-state index in [2.05, 4.69) is 6.58 Å². The molecule has 0 spiro atoms. The van der Waals surface area contributed by atoms with Gasteiger partial charge in [0.1, 0.15) is 11.4 Å². The Morgan fingerprint density at radius 2 is 1.81 bits per heavy atom. The molecule has 1 aromatic rings. The lowest BCUT2D eigenvalue weighted by Gasteiger charge is -2.17. The van der Waals surface area contributed by atoms with Gasteiger partial charge in [0, 0.05) is 6.08 Å². The number of ether oxygens (including phenoxy) is 1. The summed E-state index contributed by atoms with van der Waals surface area (Å²) in [6, 6.07) is 8.71. The summed E-state index contributed by atoms with van der Waals surface area (Å²) in [5.74, 6) is -0.0509. The second-order valence-electron chi connectivity index (χ2n) is 4.07. The van der Waals surface area contributed by atoms with E-state index < -0.39 is 5.60 Å². The highest BCUT2D eigenvalue weighted by Gasteiger charge is 2.12. The first-order valence-electron chi connectivity index (χ1n) is 4.94. The van der Waals surface area contributed by atoms with Crippen molar-refractivity contribution in [1.82, 2.24) is 0 Å². The van der Waals surface area contributed by atoms with E-state index in [0.717, 1.165) is 6.08 Å². The van der Waals surface area contributed by atoms with Crippen LogP contribution in [-0.4, -0.2) is 16.7 Å². The van der Waals surface area contributed by atoms with Gasteiger partial charge in [-0.05, 0) is 32.9 Å². The average molecular weight is 222 g/mol. The third kappa shape index (κ3) is 8.81. The van der Waals surface area contributed by atoms with Gasteiger partial charge in [-0.3, -0.25) is 0 Å². The standard InChI is InChI=1S/C7H12O2.C6H6O/c1-5-6(8)9-7(2,3)4;7-6-4-2-1-3-5-6/h5H,1H2,2-4H3;1-5,7H. The third-order valence-corrected chi connectivity index (χ3v) is 1.33. The monoisotopic (exact) mass is 222 g/mol. The molecule has 3 heteroatoms. The van der Waals surface area contributed by atoms with Crippen molar-refractivity contribution < 1.29 is 14.6 Å². The molecule has 3 nitrogen and oxygen atoms in total. The Labute approximate surface area is 96.4 Å². The molecule has 0 saturated carbocycles. The minimum absolute atomic E-state index is 0.322. The third-order valence-electron chi connectivity index (χ3n) is 1.33. The number of benzene rings is 1. The number of phenolic OH excluding ortho intramolecular Hbond substituents is 1. The highest BCUT2D eigenvalue weighted by Crippen LogP contribution is 2.06. The van der Waals surface area contributed by atoms with Crippen molar-refractivity contribution in [2.75, 3.05) is 0 Å². The molecule has 0 radical (unpaired) electrons. The van der Waals surface area contributed by atoms with Gasteiger partial charge in [0.15, 0.2) is 0 Å². The van der Waals surface area contributed by atoms with E-state index in [0.29, 0.717) is 5.75 Å². The Kier molecular flexibility index (Phi) is 5.93. The number of hydrogen-bond donors (Lipinski definition) is 1. The number of hydrogen-bond acceptors (Lipinski definition) is 3. The average Bonchev–Trinajstić information content (AvgIpc) is 2.17. The first-order chi connectivity index (χ1) is 7.35. The first-order valence-corrected chi connectivity index (χ1v) is 4.94. The molecular weight excluding hydrogens is 204 g/mol. The minimum atomic E-state index is -0.398. The molecule has 0 aliphatic heterocycles.